The fraction of sp³-hybridized carbons (Fsp3) is 0.632. The first-order valence-corrected chi connectivity index (χ1v) is 13.2. The molecular formula is C19H32N4O3S3. The Labute approximate surface area is 184 Å². The van der Waals surface area contributed by atoms with Crippen molar-refractivity contribution >= 4 is 50.5 Å². The van der Waals surface area contributed by atoms with E-state index in [-0.39, 0.29) is 4.90 Å². The standard InChI is InChI=1S/C19H32N4O3S3/c1-4-23(5-2)29(24,25)16-7-8-18(22-10-12-26-13-11-22)17(15-16)21-19(27)20-9-6-14-28-3/h7-8,15H,4-6,9-14H2,1-3H3,(H2,20,21,27). The third-order valence-electron chi connectivity index (χ3n) is 4.72. The van der Waals surface area contributed by atoms with Crippen LogP contribution in [0.25, 0.3) is 0 Å². The van der Waals surface area contributed by atoms with Crippen LogP contribution in [-0.4, -0.2) is 75.8 Å². The number of benzene rings is 1. The fourth-order valence-electron chi connectivity index (χ4n) is 3.15. The third kappa shape index (κ3) is 6.71. The summed E-state index contributed by atoms with van der Waals surface area (Å²) < 4.78 is 32.9. The number of ether oxygens (including phenoxy) is 1. The molecule has 164 valence electrons. The van der Waals surface area contributed by atoms with Crippen LogP contribution in [0, 0.1) is 0 Å². The minimum absolute atomic E-state index is 0.269. The molecule has 0 aliphatic carbocycles. The highest BCUT2D eigenvalue weighted by molar-refractivity contribution is 7.98. The van der Waals surface area contributed by atoms with Crippen LogP contribution in [0.15, 0.2) is 23.1 Å². The largest absolute Gasteiger partial charge is 0.378 e. The summed E-state index contributed by atoms with van der Waals surface area (Å²) in [6.45, 7) is 8.13. The molecule has 10 heteroatoms. The number of anilines is 2. The first kappa shape index (κ1) is 24.2. The Balaban J connectivity index is 2.28. The van der Waals surface area contributed by atoms with Crippen molar-refractivity contribution in [2.45, 2.75) is 25.2 Å². The second-order valence-electron chi connectivity index (χ2n) is 6.59. The van der Waals surface area contributed by atoms with Gasteiger partial charge >= 0.3 is 0 Å². The number of hydrogen-bond acceptors (Lipinski definition) is 6. The molecule has 7 nitrogen and oxygen atoms in total. The Kier molecular flexibility index (Phi) is 9.97. The smallest absolute Gasteiger partial charge is 0.243 e. The molecule has 0 atom stereocenters. The summed E-state index contributed by atoms with van der Waals surface area (Å²) in [5.41, 5.74) is 1.63. The minimum atomic E-state index is -3.55. The number of morpholine rings is 1. The fourth-order valence-corrected chi connectivity index (χ4v) is 5.28. The van der Waals surface area contributed by atoms with E-state index in [1.54, 1.807) is 23.9 Å². The molecule has 1 aromatic carbocycles. The highest BCUT2D eigenvalue weighted by Gasteiger charge is 2.24. The summed E-state index contributed by atoms with van der Waals surface area (Å²) in [6.07, 6.45) is 3.09. The minimum Gasteiger partial charge on any atom is -0.378 e. The molecule has 1 aromatic rings. The van der Waals surface area contributed by atoms with Crippen LogP contribution in [0.5, 0.6) is 0 Å². The Hall–Kier alpha value is -1.07. The van der Waals surface area contributed by atoms with Crippen LogP contribution in [-0.2, 0) is 14.8 Å². The van der Waals surface area contributed by atoms with E-state index < -0.39 is 10.0 Å². The summed E-state index contributed by atoms with van der Waals surface area (Å²) in [5, 5.41) is 6.92. The Bertz CT molecular complexity index is 764. The lowest BCUT2D eigenvalue weighted by molar-refractivity contribution is 0.123. The summed E-state index contributed by atoms with van der Waals surface area (Å²) in [5.74, 6) is 1.06. The average Bonchev–Trinajstić information content (AvgIpc) is 2.72. The first-order chi connectivity index (χ1) is 13.9. The molecule has 0 amide bonds. The van der Waals surface area contributed by atoms with Gasteiger partial charge in [0.1, 0.15) is 0 Å². The van der Waals surface area contributed by atoms with E-state index >= 15 is 0 Å². The zero-order valence-electron chi connectivity index (χ0n) is 17.4. The van der Waals surface area contributed by atoms with E-state index in [9.17, 15) is 8.42 Å². The van der Waals surface area contributed by atoms with Crippen LogP contribution >= 0.6 is 24.0 Å². The number of nitrogens with zero attached hydrogens (tertiary/aromatic N) is 2. The van der Waals surface area contributed by atoms with Crippen molar-refractivity contribution in [3.63, 3.8) is 0 Å². The van der Waals surface area contributed by atoms with Gasteiger partial charge in [-0.3, -0.25) is 0 Å². The molecule has 0 aromatic heterocycles. The van der Waals surface area contributed by atoms with Crippen molar-refractivity contribution < 1.29 is 13.2 Å². The number of rotatable bonds is 10. The zero-order chi connectivity index (χ0) is 21.3. The second kappa shape index (κ2) is 11.9. The van der Waals surface area contributed by atoms with E-state index in [2.05, 4.69) is 21.8 Å². The zero-order valence-corrected chi connectivity index (χ0v) is 19.9. The highest BCUT2D eigenvalue weighted by atomic mass is 32.2. The molecule has 0 bridgehead atoms. The van der Waals surface area contributed by atoms with Gasteiger partial charge in [0.25, 0.3) is 0 Å². The van der Waals surface area contributed by atoms with E-state index in [0.29, 0.717) is 37.1 Å². The molecule has 0 saturated carbocycles. The van der Waals surface area contributed by atoms with Crippen molar-refractivity contribution in [2.24, 2.45) is 0 Å². The lowest BCUT2D eigenvalue weighted by Crippen LogP contribution is -2.37. The molecule has 0 unspecified atom stereocenters. The van der Waals surface area contributed by atoms with Crippen molar-refractivity contribution in [1.29, 1.82) is 0 Å². The molecule has 1 fully saturated rings. The van der Waals surface area contributed by atoms with E-state index in [4.69, 9.17) is 17.0 Å². The molecule has 2 N–H and O–H groups in total. The average molecular weight is 461 g/mol. The van der Waals surface area contributed by atoms with E-state index in [0.717, 1.165) is 37.5 Å². The van der Waals surface area contributed by atoms with E-state index in [1.807, 2.05) is 19.9 Å². The monoisotopic (exact) mass is 460 g/mol. The van der Waals surface area contributed by atoms with Gasteiger partial charge in [0, 0.05) is 32.7 Å². The van der Waals surface area contributed by atoms with Crippen LogP contribution in [0.4, 0.5) is 11.4 Å². The van der Waals surface area contributed by atoms with Gasteiger partial charge in [-0.15, -0.1) is 0 Å². The van der Waals surface area contributed by atoms with Gasteiger partial charge in [-0.05, 0) is 48.8 Å². The third-order valence-corrected chi connectivity index (χ3v) is 7.71. The van der Waals surface area contributed by atoms with Gasteiger partial charge in [0.15, 0.2) is 5.11 Å². The first-order valence-electron chi connectivity index (χ1n) is 9.94. The topological polar surface area (TPSA) is 73.9 Å². The van der Waals surface area contributed by atoms with Crippen molar-refractivity contribution in [1.82, 2.24) is 9.62 Å². The van der Waals surface area contributed by atoms with Crippen LogP contribution in [0.3, 0.4) is 0 Å². The maximum absolute atomic E-state index is 13.0. The summed E-state index contributed by atoms with van der Waals surface area (Å²) in [4.78, 5) is 2.46. The van der Waals surface area contributed by atoms with Crippen LogP contribution in [0.1, 0.15) is 20.3 Å². The molecule has 1 heterocycles. The van der Waals surface area contributed by atoms with Gasteiger partial charge in [0.05, 0.1) is 29.5 Å². The Morgan fingerprint density at radius 2 is 1.97 bits per heavy atom. The van der Waals surface area contributed by atoms with Crippen LogP contribution in [0.2, 0.25) is 0 Å². The SMILES string of the molecule is CCN(CC)S(=O)(=O)c1ccc(N2CCOCC2)c(NC(=S)NCCCSC)c1. The quantitative estimate of drug-likeness (QED) is 0.408. The van der Waals surface area contributed by atoms with Crippen LogP contribution < -0.4 is 15.5 Å². The van der Waals surface area contributed by atoms with E-state index in [1.165, 1.54) is 4.31 Å². The van der Waals surface area contributed by atoms with Crippen molar-refractivity contribution in [3.8, 4) is 0 Å². The predicted octanol–water partition coefficient (Wildman–Crippen LogP) is 2.59. The van der Waals surface area contributed by atoms with Crippen molar-refractivity contribution in [2.75, 3.05) is 68.2 Å². The van der Waals surface area contributed by atoms with Gasteiger partial charge < -0.3 is 20.3 Å². The normalized spacial score (nSPS) is 14.8. The summed E-state index contributed by atoms with van der Waals surface area (Å²) >= 11 is 7.25. The molecule has 0 spiro atoms. The molecule has 0 radical (unpaired) electrons. The van der Waals surface area contributed by atoms with Crippen molar-refractivity contribution in [3.05, 3.63) is 18.2 Å². The Morgan fingerprint density at radius 3 is 2.59 bits per heavy atom. The lowest BCUT2D eigenvalue weighted by Gasteiger charge is -2.31. The second-order valence-corrected chi connectivity index (χ2v) is 9.93. The maximum atomic E-state index is 13.0. The molecule has 2 rings (SSSR count). The highest BCUT2D eigenvalue weighted by Crippen LogP contribution is 2.31. The lowest BCUT2D eigenvalue weighted by atomic mass is 10.2. The predicted molar refractivity (Wildman–Crippen MR) is 127 cm³/mol. The molecule has 29 heavy (non-hydrogen) atoms. The van der Waals surface area contributed by atoms with Gasteiger partial charge in [-0.2, -0.15) is 16.1 Å². The maximum Gasteiger partial charge on any atom is 0.243 e. The van der Waals surface area contributed by atoms with Gasteiger partial charge in [-0.1, -0.05) is 13.8 Å². The number of nitrogens with one attached hydrogen (secondary N) is 2. The summed E-state index contributed by atoms with van der Waals surface area (Å²) in [6, 6.07) is 5.23. The number of thioether (sulfide) groups is 1. The summed E-state index contributed by atoms with van der Waals surface area (Å²) in [7, 11) is -3.55. The van der Waals surface area contributed by atoms with Gasteiger partial charge in [-0.25, -0.2) is 8.42 Å². The molecule has 1 saturated heterocycles. The number of sulfonamides is 1. The molecular weight excluding hydrogens is 428 g/mol. The number of hydrogen-bond donors (Lipinski definition) is 2. The van der Waals surface area contributed by atoms with Gasteiger partial charge in [0.2, 0.25) is 10.0 Å². The Morgan fingerprint density at radius 1 is 1.28 bits per heavy atom. The molecule has 1 aliphatic rings. The number of thiocarbonyl (C=S) groups is 1. The molecule has 1 aliphatic heterocycles.